The van der Waals surface area contributed by atoms with Crippen LogP contribution in [0.1, 0.15) is 79.6 Å². The minimum atomic E-state index is -2.48. The van der Waals surface area contributed by atoms with E-state index in [0.29, 0.717) is 19.8 Å². The summed E-state index contributed by atoms with van der Waals surface area (Å²) in [5, 5.41) is 0. The van der Waals surface area contributed by atoms with Gasteiger partial charge in [0.05, 0.1) is 12.8 Å². The maximum Gasteiger partial charge on any atom is 0.502 e. The molecule has 0 saturated heterocycles. The Morgan fingerprint density at radius 2 is 1.56 bits per heavy atom. The summed E-state index contributed by atoms with van der Waals surface area (Å²) in [6.45, 7) is 15.1. The second-order valence-electron chi connectivity index (χ2n) is 6.26. The summed E-state index contributed by atoms with van der Waals surface area (Å²) >= 11 is 0. The number of ether oxygens (including phenoxy) is 1. The summed E-state index contributed by atoms with van der Waals surface area (Å²) in [5.74, 6) is -0.312. The molecule has 0 spiro atoms. The van der Waals surface area contributed by atoms with Crippen LogP contribution < -0.4 is 5.73 Å². The van der Waals surface area contributed by atoms with Gasteiger partial charge in [-0.25, -0.2) is 4.79 Å². The van der Waals surface area contributed by atoms with Crippen molar-refractivity contribution in [2.75, 3.05) is 19.8 Å². The average Bonchev–Trinajstić information content (AvgIpc) is 2.61. The first-order valence-corrected chi connectivity index (χ1v) is 12.3. The number of nitrogens with two attached hydrogens (primary N) is 1. The van der Waals surface area contributed by atoms with E-state index in [2.05, 4.69) is 20.4 Å². The zero-order valence-electron chi connectivity index (χ0n) is 18.3. The molecular weight excluding hydrogens is 362 g/mol. The van der Waals surface area contributed by atoms with Crippen LogP contribution >= 0.6 is 0 Å². The predicted molar refractivity (Wildman–Crippen MR) is 113 cm³/mol. The van der Waals surface area contributed by atoms with Crippen molar-refractivity contribution in [1.29, 1.82) is 0 Å². The molecule has 2 N–H and O–H groups in total. The molecule has 0 saturated carbocycles. The molecular formula is C20H43NO5Si. The highest BCUT2D eigenvalue weighted by Gasteiger charge is 2.40. The van der Waals surface area contributed by atoms with E-state index in [4.69, 9.17) is 23.7 Å². The van der Waals surface area contributed by atoms with Gasteiger partial charge in [0.25, 0.3) is 0 Å². The molecule has 6 nitrogen and oxygen atoms in total. The van der Waals surface area contributed by atoms with Gasteiger partial charge >= 0.3 is 14.8 Å². The van der Waals surface area contributed by atoms with Gasteiger partial charge < -0.3 is 23.7 Å². The number of carbonyl (C=O) groups is 1. The lowest BCUT2D eigenvalue weighted by atomic mass is 10.1. The van der Waals surface area contributed by atoms with E-state index in [1.165, 1.54) is 31.8 Å². The Kier molecular flexibility index (Phi) is 21.1. The molecule has 0 amide bonds. The van der Waals surface area contributed by atoms with E-state index in [1.807, 2.05) is 13.8 Å². The fourth-order valence-corrected chi connectivity index (χ4v) is 5.14. The lowest BCUT2D eigenvalue weighted by Gasteiger charge is -2.30. The maximum absolute atomic E-state index is 10.6. The smallest absolute Gasteiger partial charge is 0.463 e. The molecule has 0 aromatic heterocycles. The first kappa shape index (κ1) is 28.5. The SMILES string of the molecule is C=CC(=O)OCCCCCCCC.CCC[Si](OCC)(OCC)OC(C)N. The van der Waals surface area contributed by atoms with Gasteiger partial charge in [0.15, 0.2) is 0 Å². The first-order chi connectivity index (χ1) is 12.9. The average molecular weight is 406 g/mol. The minimum absolute atomic E-state index is 0.312. The second kappa shape index (κ2) is 20.0. The third-order valence-electron chi connectivity index (χ3n) is 3.56. The molecule has 0 rings (SSSR count). The molecule has 0 aliphatic rings. The van der Waals surface area contributed by atoms with Crippen molar-refractivity contribution in [2.45, 2.75) is 91.8 Å². The third kappa shape index (κ3) is 18.4. The van der Waals surface area contributed by atoms with E-state index < -0.39 is 8.80 Å². The van der Waals surface area contributed by atoms with Crippen molar-refractivity contribution in [3.63, 3.8) is 0 Å². The molecule has 1 atom stereocenters. The van der Waals surface area contributed by atoms with E-state index in [0.717, 1.165) is 25.3 Å². The van der Waals surface area contributed by atoms with Gasteiger partial charge in [0.2, 0.25) is 0 Å². The molecule has 1 unspecified atom stereocenters. The van der Waals surface area contributed by atoms with E-state index in [-0.39, 0.29) is 12.2 Å². The van der Waals surface area contributed by atoms with Crippen molar-refractivity contribution >= 4 is 14.8 Å². The van der Waals surface area contributed by atoms with Crippen molar-refractivity contribution in [2.24, 2.45) is 5.73 Å². The fourth-order valence-electron chi connectivity index (χ4n) is 2.46. The zero-order valence-corrected chi connectivity index (χ0v) is 19.3. The van der Waals surface area contributed by atoms with Gasteiger partial charge in [-0.1, -0.05) is 59.0 Å². The van der Waals surface area contributed by atoms with Crippen LogP contribution in [0.25, 0.3) is 0 Å². The molecule has 162 valence electrons. The van der Waals surface area contributed by atoms with E-state index >= 15 is 0 Å². The second-order valence-corrected chi connectivity index (χ2v) is 8.94. The quantitative estimate of drug-likeness (QED) is 0.131. The Labute approximate surface area is 168 Å². The van der Waals surface area contributed by atoms with E-state index in [9.17, 15) is 4.79 Å². The van der Waals surface area contributed by atoms with Crippen LogP contribution in [-0.2, 0) is 22.8 Å². The Morgan fingerprint density at radius 3 is 2.00 bits per heavy atom. The highest BCUT2D eigenvalue weighted by Crippen LogP contribution is 2.18. The summed E-state index contributed by atoms with van der Waals surface area (Å²) in [6.07, 6.45) is 9.12. The Hall–Kier alpha value is -0.733. The first-order valence-electron chi connectivity index (χ1n) is 10.4. The predicted octanol–water partition coefficient (Wildman–Crippen LogP) is 4.81. The Bertz CT molecular complexity index is 336. The van der Waals surface area contributed by atoms with Crippen molar-refractivity contribution in [3.05, 3.63) is 12.7 Å². The molecule has 27 heavy (non-hydrogen) atoms. The molecule has 0 fully saturated rings. The summed E-state index contributed by atoms with van der Waals surface area (Å²) in [4.78, 5) is 10.6. The van der Waals surface area contributed by atoms with Crippen LogP contribution in [0.3, 0.4) is 0 Å². The normalized spacial score (nSPS) is 12.1. The molecule has 0 aromatic rings. The number of hydrogen-bond acceptors (Lipinski definition) is 6. The Balaban J connectivity index is 0. The standard InChI is InChI=1S/C11H20O2.C9H23NO3Si/c1-3-5-6-7-8-9-10-13-11(12)4-2;1-5-8-14(11-6-2,12-7-3)13-9(4)10/h4H,2-3,5-10H2,1H3;9H,5-8,10H2,1-4H3. The lowest BCUT2D eigenvalue weighted by Crippen LogP contribution is -2.49. The van der Waals surface area contributed by atoms with Crippen LogP contribution in [0.4, 0.5) is 0 Å². The molecule has 0 aromatic carbocycles. The summed E-state index contributed by atoms with van der Waals surface area (Å²) in [6, 6.07) is 0.830. The highest BCUT2D eigenvalue weighted by molar-refractivity contribution is 6.60. The molecule has 0 heterocycles. The number of unbranched alkanes of at least 4 members (excludes halogenated alkanes) is 5. The summed E-state index contributed by atoms with van der Waals surface area (Å²) in [7, 11) is -2.48. The topological polar surface area (TPSA) is 80.0 Å². The van der Waals surface area contributed by atoms with Crippen molar-refractivity contribution < 1.29 is 22.8 Å². The van der Waals surface area contributed by atoms with Crippen LogP contribution in [0, 0.1) is 0 Å². The van der Waals surface area contributed by atoms with Crippen LogP contribution in [0.5, 0.6) is 0 Å². The number of rotatable bonds is 16. The van der Waals surface area contributed by atoms with Crippen LogP contribution in [0.2, 0.25) is 6.04 Å². The zero-order chi connectivity index (χ0) is 21.0. The van der Waals surface area contributed by atoms with Gasteiger partial charge in [0.1, 0.15) is 0 Å². The number of esters is 1. The van der Waals surface area contributed by atoms with E-state index in [1.54, 1.807) is 6.92 Å². The van der Waals surface area contributed by atoms with Gasteiger partial charge in [-0.2, -0.15) is 0 Å². The van der Waals surface area contributed by atoms with Gasteiger partial charge in [-0.3, -0.25) is 0 Å². The molecule has 0 aliphatic heterocycles. The fraction of sp³-hybridized carbons (Fsp3) is 0.850. The van der Waals surface area contributed by atoms with Crippen LogP contribution in [0.15, 0.2) is 12.7 Å². The number of hydrogen-bond donors (Lipinski definition) is 1. The molecule has 0 bridgehead atoms. The van der Waals surface area contributed by atoms with Crippen LogP contribution in [-0.4, -0.2) is 40.8 Å². The highest BCUT2D eigenvalue weighted by atomic mass is 28.4. The van der Waals surface area contributed by atoms with Crippen molar-refractivity contribution in [1.82, 2.24) is 0 Å². The largest absolute Gasteiger partial charge is 0.502 e. The van der Waals surface area contributed by atoms with Crippen molar-refractivity contribution in [3.8, 4) is 0 Å². The summed E-state index contributed by atoms with van der Waals surface area (Å²) in [5.41, 5.74) is 5.62. The van der Waals surface area contributed by atoms with Gasteiger partial charge in [-0.15, -0.1) is 0 Å². The monoisotopic (exact) mass is 405 g/mol. The maximum atomic E-state index is 10.6. The summed E-state index contributed by atoms with van der Waals surface area (Å²) < 4.78 is 21.7. The van der Waals surface area contributed by atoms with Gasteiger partial charge in [0, 0.05) is 25.3 Å². The molecule has 0 aliphatic carbocycles. The minimum Gasteiger partial charge on any atom is -0.463 e. The molecule has 7 heteroatoms. The Morgan fingerprint density at radius 1 is 1.00 bits per heavy atom. The van der Waals surface area contributed by atoms with Gasteiger partial charge in [-0.05, 0) is 27.2 Å². The third-order valence-corrected chi connectivity index (χ3v) is 6.86. The molecule has 0 radical (unpaired) electrons. The lowest BCUT2D eigenvalue weighted by molar-refractivity contribution is -0.137. The number of carbonyl (C=O) groups excluding carboxylic acids is 1.